The van der Waals surface area contributed by atoms with Gasteiger partial charge in [-0.1, -0.05) is 37.6 Å². The van der Waals surface area contributed by atoms with Crippen LogP contribution in [0.2, 0.25) is 0 Å². The number of ether oxygens (including phenoxy) is 1. The van der Waals surface area contributed by atoms with Crippen molar-refractivity contribution in [2.45, 2.75) is 58.5 Å². The monoisotopic (exact) mass is 389 g/mol. The molecule has 150 valence electrons. The summed E-state index contributed by atoms with van der Waals surface area (Å²) in [5.41, 5.74) is 6.52. The zero-order valence-corrected chi connectivity index (χ0v) is 17.2. The minimum absolute atomic E-state index is 0.278. The zero-order chi connectivity index (χ0) is 20.0. The summed E-state index contributed by atoms with van der Waals surface area (Å²) in [4.78, 5) is 14.5. The van der Waals surface area contributed by atoms with Gasteiger partial charge in [-0.15, -0.1) is 0 Å². The van der Waals surface area contributed by atoms with Crippen LogP contribution in [0.15, 0.2) is 45.6 Å². The van der Waals surface area contributed by atoms with Gasteiger partial charge in [0.25, 0.3) is 0 Å². The highest BCUT2D eigenvalue weighted by atomic mass is 16.5. The van der Waals surface area contributed by atoms with Crippen molar-refractivity contribution in [3.63, 3.8) is 0 Å². The van der Waals surface area contributed by atoms with Crippen molar-refractivity contribution in [2.75, 3.05) is 6.73 Å². The van der Waals surface area contributed by atoms with Crippen LogP contribution in [0, 0.1) is 6.92 Å². The van der Waals surface area contributed by atoms with Crippen LogP contribution >= 0.6 is 0 Å². The Morgan fingerprint density at radius 2 is 2.03 bits per heavy atom. The SMILES string of the molecule is CCCc1cc(=O)oc2c(C)c3c(cc12)CN(C1CCCc2ccccc21)CO3. The third-order valence-corrected chi connectivity index (χ3v) is 6.42. The molecule has 0 saturated carbocycles. The molecule has 0 bridgehead atoms. The minimum atomic E-state index is -0.278. The molecule has 1 aliphatic carbocycles. The summed E-state index contributed by atoms with van der Waals surface area (Å²) in [5, 5.41) is 1.05. The summed E-state index contributed by atoms with van der Waals surface area (Å²) < 4.78 is 11.8. The summed E-state index contributed by atoms with van der Waals surface area (Å²) in [7, 11) is 0. The number of hydrogen-bond acceptors (Lipinski definition) is 4. The van der Waals surface area contributed by atoms with E-state index in [2.05, 4.69) is 42.2 Å². The molecule has 0 fully saturated rings. The van der Waals surface area contributed by atoms with E-state index in [1.807, 2.05) is 6.92 Å². The maximum atomic E-state index is 12.1. The van der Waals surface area contributed by atoms with Crippen molar-refractivity contribution >= 4 is 11.0 Å². The fourth-order valence-corrected chi connectivity index (χ4v) is 5.09. The molecular formula is C25H27NO3. The van der Waals surface area contributed by atoms with E-state index < -0.39 is 0 Å². The van der Waals surface area contributed by atoms with Gasteiger partial charge in [0.1, 0.15) is 18.1 Å². The fourth-order valence-electron chi connectivity index (χ4n) is 5.09. The molecular weight excluding hydrogens is 362 g/mol. The normalized spacial score (nSPS) is 18.9. The second-order valence-corrected chi connectivity index (χ2v) is 8.33. The van der Waals surface area contributed by atoms with Crippen molar-refractivity contribution in [2.24, 2.45) is 0 Å². The Kier molecular flexibility index (Phi) is 4.67. The molecule has 2 aromatic carbocycles. The van der Waals surface area contributed by atoms with Crippen LogP contribution in [0.1, 0.15) is 60.0 Å². The van der Waals surface area contributed by atoms with Crippen molar-refractivity contribution in [1.29, 1.82) is 0 Å². The Labute approximate surface area is 171 Å². The smallest absolute Gasteiger partial charge is 0.336 e. The summed E-state index contributed by atoms with van der Waals surface area (Å²) in [6.45, 7) is 5.57. The van der Waals surface area contributed by atoms with Gasteiger partial charge in [0.05, 0.1) is 0 Å². The van der Waals surface area contributed by atoms with Crippen LogP contribution in [0.4, 0.5) is 0 Å². The lowest BCUT2D eigenvalue weighted by Gasteiger charge is -2.39. The topological polar surface area (TPSA) is 42.7 Å². The lowest BCUT2D eigenvalue weighted by atomic mass is 9.86. The van der Waals surface area contributed by atoms with E-state index in [4.69, 9.17) is 9.15 Å². The summed E-state index contributed by atoms with van der Waals surface area (Å²) >= 11 is 0. The molecule has 1 unspecified atom stereocenters. The molecule has 2 aliphatic rings. The van der Waals surface area contributed by atoms with Crippen LogP contribution < -0.4 is 10.4 Å². The molecule has 1 aromatic heterocycles. The molecule has 4 nitrogen and oxygen atoms in total. The fraction of sp³-hybridized carbons (Fsp3) is 0.400. The van der Waals surface area contributed by atoms with E-state index in [0.29, 0.717) is 18.4 Å². The Bertz CT molecular complexity index is 1130. The highest BCUT2D eigenvalue weighted by molar-refractivity contribution is 5.86. The van der Waals surface area contributed by atoms with Crippen molar-refractivity contribution < 1.29 is 9.15 Å². The maximum absolute atomic E-state index is 12.1. The van der Waals surface area contributed by atoms with E-state index >= 15 is 0 Å². The lowest BCUT2D eigenvalue weighted by Crippen LogP contribution is -2.37. The lowest BCUT2D eigenvalue weighted by molar-refractivity contribution is 0.0475. The summed E-state index contributed by atoms with van der Waals surface area (Å²) in [6.07, 6.45) is 5.42. The molecule has 5 rings (SSSR count). The van der Waals surface area contributed by atoms with Gasteiger partial charge in [0.15, 0.2) is 0 Å². The molecule has 0 radical (unpaired) electrons. The average Bonchev–Trinajstić information content (AvgIpc) is 2.74. The predicted octanol–water partition coefficient (Wildman–Crippen LogP) is 5.28. The first-order chi connectivity index (χ1) is 14.2. The minimum Gasteiger partial charge on any atom is -0.477 e. The van der Waals surface area contributed by atoms with Gasteiger partial charge in [-0.05, 0) is 55.4 Å². The number of rotatable bonds is 3. The molecule has 0 amide bonds. The van der Waals surface area contributed by atoms with Crippen LogP contribution in [-0.2, 0) is 19.4 Å². The van der Waals surface area contributed by atoms with Crippen molar-refractivity contribution in [3.8, 4) is 5.75 Å². The molecule has 3 aromatic rings. The standard InChI is InChI=1S/C25H27NO3/c1-3-7-18-13-23(27)29-25-16(2)24-19(12-21(18)25)14-26(15-28-24)22-11-6-9-17-8-4-5-10-20(17)22/h4-5,8,10,12-13,22H,3,6-7,9,11,14-15H2,1-2H3. The molecule has 29 heavy (non-hydrogen) atoms. The number of fused-ring (bicyclic) bond motifs is 3. The second kappa shape index (κ2) is 7.34. The maximum Gasteiger partial charge on any atom is 0.336 e. The van der Waals surface area contributed by atoms with Gasteiger partial charge in [-0.2, -0.15) is 0 Å². The van der Waals surface area contributed by atoms with Crippen molar-refractivity contribution in [3.05, 3.63) is 74.6 Å². The van der Waals surface area contributed by atoms with Crippen LogP contribution in [-0.4, -0.2) is 11.6 Å². The molecule has 1 atom stereocenters. The second-order valence-electron chi connectivity index (χ2n) is 8.33. The van der Waals surface area contributed by atoms with Crippen LogP contribution in [0.3, 0.4) is 0 Å². The zero-order valence-electron chi connectivity index (χ0n) is 17.2. The number of hydrogen-bond donors (Lipinski definition) is 0. The Morgan fingerprint density at radius 1 is 1.17 bits per heavy atom. The van der Waals surface area contributed by atoms with Gasteiger partial charge >= 0.3 is 5.63 Å². The highest BCUT2D eigenvalue weighted by Gasteiger charge is 2.30. The Balaban J connectivity index is 1.56. The Morgan fingerprint density at radius 3 is 2.90 bits per heavy atom. The summed E-state index contributed by atoms with van der Waals surface area (Å²) in [6, 6.07) is 13.1. The highest BCUT2D eigenvalue weighted by Crippen LogP contribution is 2.41. The molecule has 2 heterocycles. The molecule has 1 aliphatic heterocycles. The van der Waals surface area contributed by atoms with Crippen LogP contribution in [0.5, 0.6) is 5.75 Å². The van der Waals surface area contributed by atoms with Gasteiger partial charge in [-0.25, -0.2) is 4.79 Å². The molecule has 4 heteroatoms. The van der Waals surface area contributed by atoms with Crippen LogP contribution in [0.25, 0.3) is 11.0 Å². The number of benzene rings is 2. The Hall–Kier alpha value is -2.59. The van der Waals surface area contributed by atoms with Gasteiger partial charge in [-0.3, -0.25) is 4.90 Å². The molecule has 0 spiro atoms. The van der Waals surface area contributed by atoms with E-state index in [1.54, 1.807) is 6.07 Å². The average molecular weight is 389 g/mol. The van der Waals surface area contributed by atoms with E-state index in [-0.39, 0.29) is 5.63 Å². The first kappa shape index (κ1) is 18.4. The van der Waals surface area contributed by atoms with E-state index in [9.17, 15) is 4.79 Å². The molecule has 0 saturated heterocycles. The summed E-state index contributed by atoms with van der Waals surface area (Å²) in [5.74, 6) is 0.884. The number of aryl methyl sites for hydroxylation is 3. The van der Waals surface area contributed by atoms with Gasteiger partial charge in [0, 0.05) is 35.2 Å². The van der Waals surface area contributed by atoms with Crippen molar-refractivity contribution in [1.82, 2.24) is 4.90 Å². The van der Waals surface area contributed by atoms with E-state index in [0.717, 1.165) is 48.1 Å². The first-order valence-corrected chi connectivity index (χ1v) is 10.7. The van der Waals surface area contributed by atoms with Gasteiger partial charge in [0.2, 0.25) is 0 Å². The number of nitrogens with zero attached hydrogens (tertiary/aromatic N) is 1. The largest absolute Gasteiger partial charge is 0.477 e. The van der Waals surface area contributed by atoms with E-state index in [1.165, 1.54) is 29.5 Å². The quantitative estimate of drug-likeness (QED) is 0.571. The predicted molar refractivity (Wildman–Crippen MR) is 114 cm³/mol. The first-order valence-electron chi connectivity index (χ1n) is 10.7. The van der Waals surface area contributed by atoms with Gasteiger partial charge < -0.3 is 9.15 Å². The third-order valence-electron chi connectivity index (χ3n) is 6.42. The third kappa shape index (κ3) is 3.16. The molecule has 0 N–H and O–H groups in total.